The van der Waals surface area contributed by atoms with Crippen LogP contribution in [0.2, 0.25) is 0 Å². The lowest BCUT2D eigenvalue weighted by Crippen LogP contribution is -2.54. The second kappa shape index (κ2) is 14.6. The van der Waals surface area contributed by atoms with E-state index in [1.54, 1.807) is 31.4 Å². The van der Waals surface area contributed by atoms with Crippen LogP contribution in [0.25, 0.3) is 0 Å². The van der Waals surface area contributed by atoms with E-state index in [1.807, 2.05) is 29.2 Å². The second-order valence-electron chi connectivity index (χ2n) is 14.1. The molecular weight excluding hydrogens is 734 g/mol. The maximum absolute atomic E-state index is 13.5. The number of anilines is 1. The van der Waals surface area contributed by atoms with Gasteiger partial charge in [0.25, 0.3) is 23.3 Å². The third-order valence-corrected chi connectivity index (χ3v) is 11.3. The molecule has 5 amide bonds. The van der Waals surface area contributed by atoms with Gasteiger partial charge in [0.2, 0.25) is 11.8 Å². The molecule has 1 unspecified atom stereocenters. The Hall–Kier alpha value is -4.89. The summed E-state index contributed by atoms with van der Waals surface area (Å²) in [6, 6.07) is 11.8. The Morgan fingerprint density at radius 1 is 0.981 bits per heavy atom. The van der Waals surface area contributed by atoms with Crippen molar-refractivity contribution in [3.8, 4) is 5.75 Å². The zero-order chi connectivity index (χ0) is 36.7. The lowest BCUT2D eigenvalue weighted by molar-refractivity contribution is -0.136. The first-order valence-electron chi connectivity index (χ1n) is 17.5. The van der Waals surface area contributed by atoms with Gasteiger partial charge in [-0.15, -0.1) is 0 Å². The number of fused-ring (bicyclic) bond motifs is 1. The molecule has 3 saturated heterocycles. The Morgan fingerprint density at radius 3 is 2.46 bits per heavy atom. The Balaban J connectivity index is 0.922. The zero-order valence-electron chi connectivity index (χ0n) is 29.0. The van der Waals surface area contributed by atoms with E-state index in [4.69, 9.17) is 4.74 Å². The average Bonchev–Trinajstić information content (AvgIpc) is 3.40. The Kier molecular flexibility index (Phi) is 9.98. The Labute approximate surface area is 308 Å². The molecule has 3 aromatic rings. The van der Waals surface area contributed by atoms with Crippen LogP contribution in [0.1, 0.15) is 74.7 Å². The lowest BCUT2D eigenvalue weighted by atomic mass is 9.87. The molecule has 7 rings (SSSR count). The number of nitrogens with one attached hydrogen (secondary N) is 2. The molecule has 1 aromatic heterocycles. The average molecular weight is 775 g/mol. The van der Waals surface area contributed by atoms with Gasteiger partial charge < -0.3 is 19.9 Å². The molecule has 4 aliphatic heterocycles. The van der Waals surface area contributed by atoms with E-state index in [-0.39, 0.29) is 59.1 Å². The third kappa shape index (κ3) is 6.98. The van der Waals surface area contributed by atoms with E-state index in [0.29, 0.717) is 35.4 Å². The molecule has 2 aromatic carbocycles. The highest BCUT2D eigenvalue weighted by atomic mass is 79.9. The molecule has 0 spiro atoms. The number of ether oxygens (including phenoxy) is 1. The largest absolute Gasteiger partial charge is 0.492 e. The zero-order valence-corrected chi connectivity index (χ0v) is 30.6. The van der Waals surface area contributed by atoms with Gasteiger partial charge >= 0.3 is 0 Å². The minimum atomic E-state index is -1.04. The van der Waals surface area contributed by atoms with Crippen LogP contribution in [0.15, 0.2) is 57.9 Å². The van der Waals surface area contributed by atoms with Crippen LogP contribution in [0.5, 0.6) is 5.75 Å². The first-order chi connectivity index (χ1) is 25.0. The number of imide groups is 2. The van der Waals surface area contributed by atoms with Crippen molar-refractivity contribution in [2.24, 2.45) is 13.0 Å². The Morgan fingerprint density at radius 2 is 1.73 bits per heavy atom. The number of likely N-dealkylation sites (tertiary alicyclic amines) is 2. The van der Waals surface area contributed by atoms with Crippen molar-refractivity contribution in [2.45, 2.75) is 50.1 Å². The summed E-state index contributed by atoms with van der Waals surface area (Å²) in [5.41, 5.74) is 2.57. The van der Waals surface area contributed by atoms with Gasteiger partial charge in [0.05, 0.1) is 29.6 Å². The third-order valence-electron chi connectivity index (χ3n) is 10.5. The van der Waals surface area contributed by atoms with Crippen LogP contribution < -0.4 is 20.9 Å². The number of carbonyl (C=O) groups excluding carboxylic acids is 5. The van der Waals surface area contributed by atoms with Gasteiger partial charge in [0.1, 0.15) is 16.3 Å². The number of aryl methyl sites for hydroxylation is 1. The molecule has 0 radical (unpaired) electrons. The van der Waals surface area contributed by atoms with Gasteiger partial charge in [-0.1, -0.05) is 18.2 Å². The molecule has 3 atom stereocenters. The number of nitrogens with zero attached hydrogens (tertiary/aromatic N) is 5. The van der Waals surface area contributed by atoms with Crippen molar-refractivity contribution in [2.75, 3.05) is 45.2 Å². The molecule has 52 heavy (non-hydrogen) atoms. The number of aromatic nitrogens is 2. The molecule has 272 valence electrons. The molecule has 4 aliphatic rings. The van der Waals surface area contributed by atoms with E-state index < -0.39 is 29.7 Å². The van der Waals surface area contributed by atoms with Gasteiger partial charge in [0, 0.05) is 51.3 Å². The van der Waals surface area contributed by atoms with Gasteiger partial charge in [-0.05, 0) is 90.3 Å². The van der Waals surface area contributed by atoms with Crippen LogP contribution in [0, 0.1) is 5.92 Å². The normalized spacial score (nSPS) is 22.7. The SMILES string of the molecule is CN1C[C@@H](Nc2cnn(C)c(=O)c2Br)C[C@@H](c2ccc(C(=O)N3CCC(COc4cccc5c4C(=O)N(C4CCC(=O)NC4=O)C5=O)CC3)cc2)C1. The van der Waals surface area contributed by atoms with Crippen molar-refractivity contribution in [1.82, 2.24) is 29.8 Å². The smallest absolute Gasteiger partial charge is 0.282 e. The van der Waals surface area contributed by atoms with Gasteiger partial charge in [0.15, 0.2) is 0 Å². The van der Waals surface area contributed by atoms with Crippen LogP contribution in [-0.4, -0.2) is 106 Å². The lowest BCUT2D eigenvalue weighted by Gasteiger charge is -2.37. The van der Waals surface area contributed by atoms with Crippen molar-refractivity contribution in [3.05, 3.63) is 85.7 Å². The van der Waals surface area contributed by atoms with Crippen molar-refractivity contribution < 1.29 is 28.7 Å². The van der Waals surface area contributed by atoms with E-state index in [9.17, 15) is 28.8 Å². The number of likely N-dealkylation sites (N-methyl/N-ethyl adjacent to an activating group) is 1. The molecule has 2 N–H and O–H groups in total. The summed E-state index contributed by atoms with van der Waals surface area (Å²) in [6.45, 7) is 3.15. The molecule has 0 aliphatic carbocycles. The van der Waals surface area contributed by atoms with Gasteiger partial charge in [-0.3, -0.25) is 39.0 Å². The minimum Gasteiger partial charge on any atom is -0.492 e. The number of halogens is 1. The predicted octanol–water partition coefficient (Wildman–Crippen LogP) is 2.78. The fraction of sp³-hybridized carbons (Fsp3) is 0.432. The summed E-state index contributed by atoms with van der Waals surface area (Å²) in [5, 5.41) is 9.84. The fourth-order valence-corrected chi connectivity index (χ4v) is 8.17. The van der Waals surface area contributed by atoms with E-state index >= 15 is 0 Å². The summed E-state index contributed by atoms with van der Waals surface area (Å²) in [5.74, 6) is -1.61. The van der Waals surface area contributed by atoms with Crippen LogP contribution >= 0.6 is 15.9 Å². The van der Waals surface area contributed by atoms with E-state index in [2.05, 4.69) is 43.6 Å². The highest BCUT2D eigenvalue weighted by Gasteiger charge is 2.46. The highest BCUT2D eigenvalue weighted by Crippen LogP contribution is 2.35. The highest BCUT2D eigenvalue weighted by molar-refractivity contribution is 9.10. The minimum absolute atomic E-state index is 0.0206. The van der Waals surface area contributed by atoms with Crippen LogP contribution in [0.4, 0.5) is 5.69 Å². The molecule has 3 fully saturated rings. The Bertz CT molecular complexity index is 1990. The van der Waals surface area contributed by atoms with E-state index in [0.717, 1.165) is 42.8 Å². The molecule has 14 nitrogen and oxygen atoms in total. The standard InChI is InChI=1S/C37H40BrN7O7/c1-42-18-24(16-25(19-42)40-27-17-39-43(2)37(51)32(27)38)22-6-8-23(9-7-22)34(48)44-14-12-21(13-15-44)20-52-29-5-3-4-26-31(29)36(50)45(35(26)49)28-10-11-30(46)41-33(28)47/h3-9,17,21,24-25,28,40H,10-16,18-20H2,1-2H3,(H,41,46,47)/t24-,25+,28?/m1/s1. The van der Waals surface area contributed by atoms with E-state index in [1.165, 1.54) is 4.68 Å². The van der Waals surface area contributed by atoms with Crippen molar-refractivity contribution >= 4 is 51.2 Å². The second-order valence-corrected chi connectivity index (χ2v) is 14.9. The molecule has 0 saturated carbocycles. The van der Waals surface area contributed by atoms with Crippen LogP contribution in [0.3, 0.4) is 0 Å². The summed E-state index contributed by atoms with van der Waals surface area (Å²) < 4.78 is 7.87. The fourth-order valence-electron chi connectivity index (χ4n) is 7.69. The molecule has 0 bridgehead atoms. The van der Waals surface area contributed by atoms with Crippen molar-refractivity contribution in [3.63, 3.8) is 0 Å². The number of amides is 5. The predicted molar refractivity (Wildman–Crippen MR) is 193 cm³/mol. The monoisotopic (exact) mass is 773 g/mol. The first-order valence-corrected chi connectivity index (χ1v) is 18.3. The summed E-state index contributed by atoms with van der Waals surface area (Å²) in [6.07, 6.45) is 4.09. The van der Waals surface area contributed by atoms with Gasteiger partial charge in [-0.25, -0.2) is 4.68 Å². The number of hydrogen-bond donors (Lipinski definition) is 2. The summed E-state index contributed by atoms with van der Waals surface area (Å²) >= 11 is 3.41. The summed E-state index contributed by atoms with van der Waals surface area (Å²) in [4.78, 5) is 81.5. The molecule has 15 heteroatoms. The number of benzene rings is 2. The van der Waals surface area contributed by atoms with Gasteiger partial charge in [-0.2, -0.15) is 5.10 Å². The maximum atomic E-state index is 13.5. The molecular formula is C37H40BrN7O7. The molecule has 5 heterocycles. The number of hydrogen-bond acceptors (Lipinski definition) is 10. The number of rotatable bonds is 8. The summed E-state index contributed by atoms with van der Waals surface area (Å²) in [7, 11) is 3.69. The maximum Gasteiger partial charge on any atom is 0.282 e. The topological polar surface area (TPSA) is 163 Å². The quantitative estimate of drug-likeness (QED) is 0.326. The number of piperidine rings is 3. The number of carbonyl (C=O) groups is 5. The first kappa shape index (κ1) is 35.5. The van der Waals surface area contributed by atoms with Crippen molar-refractivity contribution in [1.29, 1.82) is 0 Å². The van der Waals surface area contributed by atoms with Crippen LogP contribution in [-0.2, 0) is 16.6 Å².